The number of amides is 1. The molecule has 0 aliphatic carbocycles. The van der Waals surface area contributed by atoms with Gasteiger partial charge >= 0.3 is 5.97 Å². The molecule has 0 saturated carbocycles. The summed E-state index contributed by atoms with van der Waals surface area (Å²) in [5.41, 5.74) is 0.490. The van der Waals surface area contributed by atoms with Crippen molar-refractivity contribution >= 4 is 11.9 Å². The van der Waals surface area contributed by atoms with Crippen LogP contribution >= 0.6 is 0 Å². The second-order valence-corrected chi connectivity index (χ2v) is 5.45. The largest absolute Gasteiger partial charge is 0.497 e. The minimum absolute atomic E-state index is 0.0643. The molecule has 0 spiro atoms. The zero-order valence-corrected chi connectivity index (χ0v) is 15.3. The summed E-state index contributed by atoms with van der Waals surface area (Å²) in [5.74, 6) is 0.483. The Morgan fingerprint density at radius 1 is 1.12 bits per heavy atom. The van der Waals surface area contributed by atoms with Crippen molar-refractivity contribution in [3.05, 3.63) is 41.6 Å². The maximum absolute atomic E-state index is 12.9. The first-order chi connectivity index (χ1) is 12.5. The van der Waals surface area contributed by atoms with Crippen molar-refractivity contribution in [1.29, 1.82) is 0 Å². The number of aromatic nitrogens is 1. The van der Waals surface area contributed by atoms with Gasteiger partial charge < -0.3 is 23.5 Å². The number of carbonyl (C=O) groups excluding carboxylic acids is 2. The summed E-state index contributed by atoms with van der Waals surface area (Å²) >= 11 is 0. The normalized spacial score (nSPS) is 10.3. The van der Waals surface area contributed by atoms with E-state index in [2.05, 4.69) is 9.72 Å². The number of ether oxygens (including phenoxy) is 3. The van der Waals surface area contributed by atoms with Crippen LogP contribution in [0.4, 0.5) is 0 Å². The quantitative estimate of drug-likeness (QED) is 0.666. The van der Waals surface area contributed by atoms with Crippen LogP contribution in [-0.4, -0.2) is 49.6 Å². The summed E-state index contributed by atoms with van der Waals surface area (Å²) in [6.45, 7) is 2.58. The molecule has 0 aliphatic heterocycles. The molecule has 26 heavy (non-hydrogen) atoms. The molecule has 8 nitrogen and oxygen atoms in total. The lowest BCUT2D eigenvalue weighted by atomic mass is 10.1. The predicted octanol–water partition coefficient (Wildman–Crippen LogP) is 2.53. The molecule has 0 aliphatic rings. The highest BCUT2D eigenvalue weighted by Gasteiger charge is 2.21. The van der Waals surface area contributed by atoms with Crippen molar-refractivity contribution in [2.75, 3.05) is 27.9 Å². The van der Waals surface area contributed by atoms with Crippen molar-refractivity contribution in [3.8, 4) is 11.5 Å². The molecule has 0 atom stereocenters. The Labute approximate surface area is 151 Å². The first-order valence-electron chi connectivity index (χ1n) is 8.07. The number of nitrogens with zero attached hydrogens (tertiary/aromatic N) is 2. The van der Waals surface area contributed by atoms with E-state index in [1.807, 2.05) is 6.92 Å². The van der Waals surface area contributed by atoms with E-state index in [0.29, 0.717) is 23.6 Å². The molecule has 8 heteroatoms. The molecule has 0 radical (unpaired) electrons. The highest BCUT2D eigenvalue weighted by Crippen LogP contribution is 2.24. The topological polar surface area (TPSA) is 91.1 Å². The maximum Gasteiger partial charge on any atom is 0.360 e. The van der Waals surface area contributed by atoms with Gasteiger partial charge in [0.1, 0.15) is 17.8 Å². The van der Waals surface area contributed by atoms with Gasteiger partial charge in [0.05, 0.1) is 27.9 Å². The molecule has 1 heterocycles. The number of benzene rings is 1. The van der Waals surface area contributed by atoms with Crippen LogP contribution in [-0.2, 0) is 11.3 Å². The molecule has 0 unspecified atom stereocenters. The molecule has 140 valence electrons. The summed E-state index contributed by atoms with van der Waals surface area (Å²) in [7, 11) is 4.31. The van der Waals surface area contributed by atoms with Gasteiger partial charge in [0.15, 0.2) is 5.69 Å². The van der Waals surface area contributed by atoms with Crippen LogP contribution in [0.2, 0.25) is 0 Å². The van der Waals surface area contributed by atoms with Gasteiger partial charge in [-0.25, -0.2) is 9.78 Å². The van der Waals surface area contributed by atoms with E-state index in [1.54, 1.807) is 23.1 Å². The molecule has 0 fully saturated rings. The van der Waals surface area contributed by atoms with Crippen LogP contribution < -0.4 is 9.47 Å². The van der Waals surface area contributed by atoms with Gasteiger partial charge in [-0.3, -0.25) is 4.79 Å². The Balaban J connectivity index is 2.24. The predicted molar refractivity (Wildman–Crippen MR) is 92.4 cm³/mol. The van der Waals surface area contributed by atoms with Gasteiger partial charge in [-0.05, 0) is 18.6 Å². The first kappa shape index (κ1) is 19.3. The standard InChI is InChI=1S/C18H22N2O6/c1-5-6-20(10-16-19-15(11-26-16)18(22)25-4)17(21)12-7-13(23-2)9-14(8-12)24-3/h7-9,11H,5-6,10H2,1-4H3. The summed E-state index contributed by atoms with van der Waals surface area (Å²) in [4.78, 5) is 30.1. The van der Waals surface area contributed by atoms with E-state index in [1.165, 1.54) is 27.6 Å². The van der Waals surface area contributed by atoms with Crippen molar-refractivity contribution in [2.24, 2.45) is 0 Å². The number of hydrogen-bond donors (Lipinski definition) is 0. The Morgan fingerprint density at radius 2 is 1.77 bits per heavy atom. The van der Waals surface area contributed by atoms with E-state index >= 15 is 0 Å². The molecule has 1 aromatic carbocycles. The fraction of sp³-hybridized carbons (Fsp3) is 0.389. The van der Waals surface area contributed by atoms with Crippen molar-refractivity contribution < 1.29 is 28.2 Å². The smallest absolute Gasteiger partial charge is 0.360 e. The summed E-state index contributed by atoms with van der Waals surface area (Å²) < 4.78 is 20.3. The molecular weight excluding hydrogens is 340 g/mol. The van der Waals surface area contributed by atoms with E-state index in [-0.39, 0.29) is 24.0 Å². The average molecular weight is 362 g/mol. The fourth-order valence-corrected chi connectivity index (χ4v) is 2.38. The third-order valence-corrected chi connectivity index (χ3v) is 3.65. The third kappa shape index (κ3) is 4.53. The Bertz CT molecular complexity index is 749. The highest BCUT2D eigenvalue weighted by molar-refractivity contribution is 5.95. The summed E-state index contributed by atoms with van der Waals surface area (Å²) in [5, 5.41) is 0. The minimum atomic E-state index is -0.592. The van der Waals surface area contributed by atoms with Gasteiger partial charge in [0.2, 0.25) is 5.89 Å². The zero-order valence-electron chi connectivity index (χ0n) is 15.3. The van der Waals surface area contributed by atoms with Crippen LogP contribution in [0.3, 0.4) is 0 Å². The Morgan fingerprint density at radius 3 is 2.31 bits per heavy atom. The molecule has 0 N–H and O–H groups in total. The van der Waals surface area contributed by atoms with Crippen molar-refractivity contribution in [2.45, 2.75) is 19.9 Å². The number of methoxy groups -OCH3 is 3. The zero-order chi connectivity index (χ0) is 19.1. The van der Waals surface area contributed by atoms with Gasteiger partial charge in [-0.1, -0.05) is 6.92 Å². The second kappa shape index (κ2) is 8.89. The molecule has 2 rings (SSSR count). The van der Waals surface area contributed by atoms with Crippen LogP contribution in [0.5, 0.6) is 11.5 Å². The average Bonchev–Trinajstić information content (AvgIpc) is 3.14. The molecule has 0 saturated heterocycles. The molecule has 0 bridgehead atoms. The highest BCUT2D eigenvalue weighted by atomic mass is 16.5. The number of carbonyl (C=O) groups is 2. The maximum atomic E-state index is 12.9. The van der Waals surface area contributed by atoms with Gasteiger partial charge in [-0.15, -0.1) is 0 Å². The van der Waals surface area contributed by atoms with Crippen molar-refractivity contribution in [1.82, 2.24) is 9.88 Å². The van der Waals surface area contributed by atoms with E-state index in [4.69, 9.17) is 13.9 Å². The van der Waals surface area contributed by atoms with Gasteiger partial charge in [0, 0.05) is 18.2 Å². The SMILES string of the molecule is CCCN(Cc1nc(C(=O)OC)co1)C(=O)c1cc(OC)cc(OC)c1. The molecular formula is C18H22N2O6. The van der Waals surface area contributed by atoms with Crippen LogP contribution in [0.25, 0.3) is 0 Å². The number of oxazole rings is 1. The summed E-state index contributed by atoms with van der Waals surface area (Å²) in [6, 6.07) is 4.98. The van der Waals surface area contributed by atoms with E-state index in [0.717, 1.165) is 6.42 Å². The minimum Gasteiger partial charge on any atom is -0.497 e. The van der Waals surface area contributed by atoms with E-state index < -0.39 is 5.97 Å². The van der Waals surface area contributed by atoms with E-state index in [9.17, 15) is 9.59 Å². The fourth-order valence-electron chi connectivity index (χ4n) is 2.38. The lowest BCUT2D eigenvalue weighted by molar-refractivity contribution is 0.0594. The lowest BCUT2D eigenvalue weighted by Crippen LogP contribution is -2.31. The number of hydrogen-bond acceptors (Lipinski definition) is 7. The third-order valence-electron chi connectivity index (χ3n) is 3.65. The number of esters is 1. The van der Waals surface area contributed by atoms with Crippen LogP contribution in [0.1, 0.15) is 40.1 Å². The monoisotopic (exact) mass is 362 g/mol. The first-order valence-corrected chi connectivity index (χ1v) is 8.07. The Kier molecular flexibility index (Phi) is 6.60. The second-order valence-electron chi connectivity index (χ2n) is 5.45. The van der Waals surface area contributed by atoms with Crippen LogP contribution in [0.15, 0.2) is 28.9 Å². The Hall–Kier alpha value is -3.03. The molecule has 2 aromatic rings. The molecule has 1 aromatic heterocycles. The van der Waals surface area contributed by atoms with Crippen molar-refractivity contribution in [3.63, 3.8) is 0 Å². The number of rotatable bonds is 8. The summed E-state index contributed by atoms with van der Waals surface area (Å²) in [6.07, 6.45) is 1.96. The van der Waals surface area contributed by atoms with Crippen LogP contribution in [0, 0.1) is 0 Å². The lowest BCUT2D eigenvalue weighted by Gasteiger charge is -2.21. The van der Waals surface area contributed by atoms with Gasteiger partial charge in [-0.2, -0.15) is 0 Å². The molecule has 1 amide bonds. The van der Waals surface area contributed by atoms with Gasteiger partial charge in [0.25, 0.3) is 5.91 Å².